The highest BCUT2D eigenvalue weighted by Crippen LogP contribution is 2.32. The molecule has 3 heteroatoms. The van der Waals surface area contributed by atoms with Crippen LogP contribution in [0.5, 0.6) is 0 Å². The van der Waals surface area contributed by atoms with Crippen LogP contribution in [0.25, 0.3) is 11.3 Å². The van der Waals surface area contributed by atoms with E-state index in [1.165, 1.54) is 12.8 Å². The largest absolute Gasteiger partial charge is 0.310 e. The van der Waals surface area contributed by atoms with E-state index in [-0.39, 0.29) is 5.56 Å². The van der Waals surface area contributed by atoms with Crippen LogP contribution in [0, 0.1) is 6.92 Å². The average Bonchev–Trinajstić information content (AvgIpc) is 2.97. The van der Waals surface area contributed by atoms with E-state index in [2.05, 4.69) is 4.98 Å². The van der Waals surface area contributed by atoms with Gasteiger partial charge in [0.05, 0.1) is 5.69 Å². The van der Waals surface area contributed by atoms with Crippen LogP contribution in [-0.4, -0.2) is 9.97 Å². The molecule has 98 valence electrons. The number of benzene rings is 1. The molecule has 0 atom stereocenters. The van der Waals surface area contributed by atoms with E-state index in [1.54, 1.807) is 0 Å². The predicted octanol–water partition coefficient (Wildman–Crippen LogP) is 3.40. The Labute approximate surface area is 112 Å². The Morgan fingerprint density at radius 2 is 1.84 bits per heavy atom. The van der Waals surface area contributed by atoms with Crippen molar-refractivity contribution in [3.8, 4) is 11.3 Å². The molecule has 1 fully saturated rings. The van der Waals surface area contributed by atoms with Gasteiger partial charge in [-0.15, -0.1) is 0 Å². The summed E-state index contributed by atoms with van der Waals surface area (Å²) in [6, 6.07) is 9.95. The van der Waals surface area contributed by atoms with Crippen LogP contribution in [0.2, 0.25) is 0 Å². The molecule has 19 heavy (non-hydrogen) atoms. The van der Waals surface area contributed by atoms with Gasteiger partial charge in [0, 0.05) is 17.0 Å². The first-order valence-corrected chi connectivity index (χ1v) is 6.92. The molecular formula is C16H18N2O. The Kier molecular flexibility index (Phi) is 3.20. The second-order valence-electron chi connectivity index (χ2n) is 5.27. The van der Waals surface area contributed by atoms with Crippen molar-refractivity contribution in [2.24, 2.45) is 0 Å². The zero-order valence-electron chi connectivity index (χ0n) is 11.1. The molecule has 0 amide bonds. The minimum absolute atomic E-state index is 0.00393. The molecule has 0 spiro atoms. The molecule has 1 saturated carbocycles. The molecule has 1 aromatic heterocycles. The summed E-state index contributed by atoms with van der Waals surface area (Å²) in [6.45, 7) is 1.84. The first-order chi connectivity index (χ1) is 9.25. The Morgan fingerprint density at radius 3 is 2.53 bits per heavy atom. The lowest BCUT2D eigenvalue weighted by Gasteiger charge is -2.12. The van der Waals surface area contributed by atoms with Gasteiger partial charge in [-0.1, -0.05) is 43.2 Å². The van der Waals surface area contributed by atoms with Crippen LogP contribution >= 0.6 is 0 Å². The maximum atomic E-state index is 12.1. The highest BCUT2D eigenvalue weighted by molar-refractivity contribution is 5.62. The molecule has 3 rings (SSSR count). The minimum Gasteiger partial charge on any atom is -0.310 e. The van der Waals surface area contributed by atoms with E-state index in [9.17, 15) is 4.79 Å². The Bertz CT molecular complexity index is 625. The summed E-state index contributed by atoms with van der Waals surface area (Å²) in [5.74, 6) is 1.29. The van der Waals surface area contributed by atoms with E-state index in [0.717, 1.165) is 29.9 Å². The maximum absolute atomic E-state index is 12.1. The number of H-pyrrole nitrogens is 1. The number of nitrogens with zero attached hydrogens (tertiary/aromatic N) is 1. The molecule has 2 aromatic rings. The van der Waals surface area contributed by atoms with Gasteiger partial charge in [0.2, 0.25) is 0 Å². The molecule has 1 aliphatic carbocycles. The zero-order chi connectivity index (χ0) is 13.2. The first kappa shape index (κ1) is 12.2. The van der Waals surface area contributed by atoms with Crippen molar-refractivity contribution in [1.29, 1.82) is 0 Å². The molecule has 0 aliphatic heterocycles. The maximum Gasteiger partial charge on any atom is 0.254 e. The summed E-state index contributed by atoms with van der Waals surface area (Å²) in [5.41, 5.74) is 2.54. The van der Waals surface area contributed by atoms with Crippen LogP contribution in [-0.2, 0) is 0 Å². The van der Waals surface area contributed by atoms with Crippen LogP contribution in [0.15, 0.2) is 35.1 Å². The van der Waals surface area contributed by atoms with Crippen molar-refractivity contribution in [3.05, 3.63) is 52.1 Å². The summed E-state index contributed by atoms with van der Waals surface area (Å²) in [4.78, 5) is 19.8. The average molecular weight is 254 g/mol. The van der Waals surface area contributed by atoms with Crippen molar-refractivity contribution in [2.45, 2.75) is 38.5 Å². The highest BCUT2D eigenvalue weighted by Gasteiger charge is 2.21. The Balaban J connectivity index is 2.11. The number of aromatic nitrogens is 2. The standard InChI is InChI=1S/C16H18N2O/c1-11-14(12-7-3-2-4-8-12)17-15(18-16(11)19)13-9-5-6-10-13/h2-4,7-8,13H,5-6,9-10H2,1H3,(H,17,18,19). The van der Waals surface area contributed by atoms with Crippen LogP contribution < -0.4 is 5.56 Å². The topological polar surface area (TPSA) is 45.8 Å². The predicted molar refractivity (Wildman–Crippen MR) is 76.2 cm³/mol. The van der Waals surface area contributed by atoms with E-state index in [0.29, 0.717) is 11.5 Å². The molecule has 0 saturated heterocycles. The fraction of sp³-hybridized carbons (Fsp3) is 0.375. The Morgan fingerprint density at radius 1 is 1.16 bits per heavy atom. The third-order valence-electron chi connectivity index (χ3n) is 3.96. The normalized spacial score (nSPS) is 15.8. The number of nitrogens with one attached hydrogen (secondary N) is 1. The van der Waals surface area contributed by atoms with Gasteiger partial charge in [0.15, 0.2) is 0 Å². The van der Waals surface area contributed by atoms with Crippen LogP contribution in [0.1, 0.15) is 43.0 Å². The molecular weight excluding hydrogens is 236 g/mol. The van der Waals surface area contributed by atoms with E-state index in [4.69, 9.17) is 4.98 Å². The summed E-state index contributed by atoms with van der Waals surface area (Å²) in [7, 11) is 0. The van der Waals surface area contributed by atoms with Crippen molar-refractivity contribution in [3.63, 3.8) is 0 Å². The van der Waals surface area contributed by atoms with E-state index in [1.807, 2.05) is 37.3 Å². The van der Waals surface area contributed by atoms with Crippen molar-refractivity contribution >= 4 is 0 Å². The van der Waals surface area contributed by atoms with E-state index < -0.39 is 0 Å². The van der Waals surface area contributed by atoms with Crippen molar-refractivity contribution in [1.82, 2.24) is 9.97 Å². The van der Waals surface area contributed by atoms with Crippen LogP contribution in [0.4, 0.5) is 0 Å². The monoisotopic (exact) mass is 254 g/mol. The van der Waals surface area contributed by atoms with Gasteiger partial charge in [-0.3, -0.25) is 4.79 Å². The SMILES string of the molecule is Cc1c(-c2ccccc2)nc(C2CCCC2)[nH]c1=O. The molecule has 1 heterocycles. The quantitative estimate of drug-likeness (QED) is 0.892. The third-order valence-corrected chi connectivity index (χ3v) is 3.96. The molecule has 0 bridgehead atoms. The zero-order valence-corrected chi connectivity index (χ0v) is 11.1. The smallest absolute Gasteiger partial charge is 0.254 e. The summed E-state index contributed by atoms with van der Waals surface area (Å²) < 4.78 is 0. The van der Waals surface area contributed by atoms with Crippen molar-refractivity contribution in [2.75, 3.05) is 0 Å². The molecule has 1 aliphatic rings. The molecule has 3 nitrogen and oxygen atoms in total. The summed E-state index contributed by atoms with van der Waals surface area (Å²) in [5, 5.41) is 0. The molecule has 1 N–H and O–H groups in total. The number of hydrogen-bond acceptors (Lipinski definition) is 2. The number of rotatable bonds is 2. The molecule has 0 unspecified atom stereocenters. The second-order valence-corrected chi connectivity index (χ2v) is 5.27. The molecule has 1 aromatic carbocycles. The fourth-order valence-corrected chi connectivity index (χ4v) is 2.82. The Hall–Kier alpha value is -1.90. The summed E-state index contributed by atoms with van der Waals surface area (Å²) >= 11 is 0. The van der Waals surface area contributed by atoms with Gasteiger partial charge in [-0.2, -0.15) is 0 Å². The van der Waals surface area contributed by atoms with Gasteiger partial charge < -0.3 is 4.98 Å². The van der Waals surface area contributed by atoms with Gasteiger partial charge in [0.25, 0.3) is 5.56 Å². The summed E-state index contributed by atoms with van der Waals surface area (Å²) in [6.07, 6.45) is 4.76. The lowest BCUT2D eigenvalue weighted by Crippen LogP contribution is -2.17. The van der Waals surface area contributed by atoms with Crippen LogP contribution in [0.3, 0.4) is 0 Å². The number of hydrogen-bond donors (Lipinski definition) is 1. The van der Waals surface area contributed by atoms with Gasteiger partial charge in [-0.25, -0.2) is 4.98 Å². The fourth-order valence-electron chi connectivity index (χ4n) is 2.82. The lowest BCUT2D eigenvalue weighted by molar-refractivity contribution is 0.663. The van der Waals surface area contributed by atoms with Crippen molar-refractivity contribution < 1.29 is 0 Å². The lowest BCUT2D eigenvalue weighted by atomic mass is 10.0. The van der Waals surface area contributed by atoms with E-state index >= 15 is 0 Å². The number of aromatic amines is 1. The van der Waals surface area contributed by atoms with Gasteiger partial charge in [-0.05, 0) is 19.8 Å². The second kappa shape index (κ2) is 5.00. The first-order valence-electron chi connectivity index (χ1n) is 6.92. The molecule has 0 radical (unpaired) electrons. The van der Waals surface area contributed by atoms with Gasteiger partial charge in [0.1, 0.15) is 5.82 Å². The highest BCUT2D eigenvalue weighted by atomic mass is 16.1. The van der Waals surface area contributed by atoms with Gasteiger partial charge >= 0.3 is 0 Å². The third kappa shape index (κ3) is 2.33. The minimum atomic E-state index is -0.00393.